The van der Waals surface area contributed by atoms with Gasteiger partial charge in [-0.3, -0.25) is 14.5 Å². The van der Waals surface area contributed by atoms with Gasteiger partial charge in [-0.1, -0.05) is 44.9 Å². The summed E-state index contributed by atoms with van der Waals surface area (Å²) in [6.45, 7) is 1.06. The molecule has 1 saturated heterocycles. The van der Waals surface area contributed by atoms with E-state index in [0.717, 1.165) is 30.7 Å². The highest BCUT2D eigenvalue weighted by Crippen LogP contribution is 2.33. The number of urea groups is 1. The van der Waals surface area contributed by atoms with E-state index in [9.17, 15) is 14.4 Å². The Kier molecular flexibility index (Phi) is 6.51. The Hall–Kier alpha value is -1.63. The van der Waals surface area contributed by atoms with Gasteiger partial charge in [0.25, 0.3) is 5.91 Å². The van der Waals surface area contributed by atoms with Crippen molar-refractivity contribution in [3.8, 4) is 0 Å². The fourth-order valence-electron chi connectivity index (χ4n) is 4.48. The van der Waals surface area contributed by atoms with Crippen LogP contribution in [0.4, 0.5) is 4.79 Å². The molecule has 3 aliphatic rings. The summed E-state index contributed by atoms with van der Waals surface area (Å²) in [5, 5.41) is 9.16. The Bertz CT molecular complexity index is 523. The fraction of sp³-hybridized carbons (Fsp3) is 0.842. The fourth-order valence-corrected chi connectivity index (χ4v) is 4.48. The molecule has 7 nitrogen and oxygen atoms in total. The van der Waals surface area contributed by atoms with Gasteiger partial charge < -0.3 is 16.0 Å². The van der Waals surface area contributed by atoms with Crippen molar-refractivity contribution in [2.75, 3.05) is 19.6 Å². The van der Waals surface area contributed by atoms with Gasteiger partial charge >= 0.3 is 6.03 Å². The molecule has 0 bridgehead atoms. The summed E-state index contributed by atoms with van der Waals surface area (Å²) in [7, 11) is 0. The van der Waals surface area contributed by atoms with E-state index in [4.69, 9.17) is 0 Å². The van der Waals surface area contributed by atoms with Crippen molar-refractivity contribution in [3.63, 3.8) is 0 Å². The number of carbonyl (C=O) groups excluding carboxylic acids is 3. The van der Waals surface area contributed by atoms with E-state index < -0.39 is 11.6 Å². The molecule has 1 spiro atoms. The van der Waals surface area contributed by atoms with Gasteiger partial charge in [-0.25, -0.2) is 4.79 Å². The van der Waals surface area contributed by atoms with Crippen molar-refractivity contribution in [3.05, 3.63) is 0 Å². The van der Waals surface area contributed by atoms with Crippen LogP contribution >= 0.6 is 0 Å². The van der Waals surface area contributed by atoms with Crippen molar-refractivity contribution < 1.29 is 14.4 Å². The molecule has 26 heavy (non-hydrogen) atoms. The molecule has 0 atom stereocenters. The second-order valence-corrected chi connectivity index (χ2v) is 7.96. The molecule has 7 heteroatoms. The van der Waals surface area contributed by atoms with Gasteiger partial charge in [0, 0.05) is 19.1 Å². The third-order valence-electron chi connectivity index (χ3n) is 5.99. The van der Waals surface area contributed by atoms with Crippen LogP contribution in [0.15, 0.2) is 0 Å². The molecule has 1 aliphatic heterocycles. The maximum atomic E-state index is 12.6. The Labute approximate surface area is 155 Å². The zero-order valence-electron chi connectivity index (χ0n) is 15.6. The van der Waals surface area contributed by atoms with Crippen LogP contribution < -0.4 is 16.0 Å². The second-order valence-electron chi connectivity index (χ2n) is 7.96. The van der Waals surface area contributed by atoms with Gasteiger partial charge in [0.1, 0.15) is 12.1 Å². The number of amides is 4. The minimum atomic E-state index is -0.753. The van der Waals surface area contributed by atoms with Gasteiger partial charge in [0.2, 0.25) is 5.91 Å². The van der Waals surface area contributed by atoms with Gasteiger partial charge in [-0.2, -0.15) is 0 Å². The molecule has 146 valence electrons. The Morgan fingerprint density at radius 2 is 1.65 bits per heavy atom. The van der Waals surface area contributed by atoms with Crippen LogP contribution in [0.5, 0.6) is 0 Å². The molecule has 2 saturated carbocycles. The van der Waals surface area contributed by atoms with Crippen molar-refractivity contribution in [2.24, 2.45) is 0 Å². The van der Waals surface area contributed by atoms with E-state index in [1.165, 1.54) is 38.5 Å². The smallest absolute Gasteiger partial charge is 0.325 e. The summed E-state index contributed by atoms with van der Waals surface area (Å²) < 4.78 is 0. The predicted molar refractivity (Wildman–Crippen MR) is 98.6 cm³/mol. The molecule has 1 heterocycles. The maximum Gasteiger partial charge on any atom is 0.325 e. The lowest BCUT2D eigenvalue weighted by molar-refractivity contribution is -0.135. The van der Waals surface area contributed by atoms with E-state index in [1.54, 1.807) is 0 Å². The molecule has 4 amide bonds. The lowest BCUT2D eigenvalue weighted by Crippen LogP contribution is -2.49. The highest BCUT2D eigenvalue weighted by atomic mass is 16.2. The Morgan fingerprint density at radius 1 is 1.00 bits per heavy atom. The zero-order chi connectivity index (χ0) is 18.4. The third kappa shape index (κ3) is 4.55. The molecule has 3 rings (SSSR count). The lowest BCUT2D eigenvalue weighted by Gasteiger charge is -2.30. The summed E-state index contributed by atoms with van der Waals surface area (Å²) in [6.07, 6.45) is 12.0. The number of imide groups is 1. The molecule has 2 aliphatic carbocycles. The predicted octanol–water partition coefficient (Wildman–Crippen LogP) is 1.67. The highest BCUT2D eigenvalue weighted by molar-refractivity contribution is 6.09. The van der Waals surface area contributed by atoms with Crippen LogP contribution in [0.25, 0.3) is 0 Å². The number of carbonyl (C=O) groups is 3. The summed E-state index contributed by atoms with van der Waals surface area (Å²) in [5.41, 5.74) is -0.753. The zero-order valence-corrected chi connectivity index (χ0v) is 15.6. The number of hydrogen-bond acceptors (Lipinski definition) is 4. The lowest BCUT2D eigenvalue weighted by atomic mass is 9.82. The van der Waals surface area contributed by atoms with Crippen LogP contribution in [0.2, 0.25) is 0 Å². The third-order valence-corrected chi connectivity index (χ3v) is 5.99. The summed E-state index contributed by atoms with van der Waals surface area (Å²) >= 11 is 0. The van der Waals surface area contributed by atoms with E-state index in [1.807, 2.05) is 0 Å². The summed E-state index contributed by atoms with van der Waals surface area (Å²) in [4.78, 5) is 38.0. The van der Waals surface area contributed by atoms with Crippen molar-refractivity contribution in [2.45, 2.75) is 82.2 Å². The molecular weight excluding hydrogens is 332 g/mol. The average Bonchev–Trinajstić information content (AvgIpc) is 2.83. The van der Waals surface area contributed by atoms with E-state index in [0.29, 0.717) is 25.4 Å². The van der Waals surface area contributed by atoms with Crippen LogP contribution in [0, 0.1) is 0 Å². The first-order chi connectivity index (χ1) is 12.6. The largest absolute Gasteiger partial charge is 0.353 e. The first kappa shape index (κ1) is 19.1. The molecule has 0 aromatic carbocycles. The minimum absolute atomic E-state index is 0.185. The molecule has 0 aromatic rings. The van der Waals surface area contributed by atoms with Gasteiger partial charge in [0.05, 0.1) is 0 Å². The molecule has 0 radical (unpaired) electrons. The quantitative estimate of drug-likeness (QED) is 0.380. The van der Waals surface area contributed by atoms with Gasteiger partial charge in [-0.15, -0.1) is 0 Å². The topological polar surface area (TPSA) is 90.5 Å². The number of hydrogen-bond donors (Lipinski definition) is 3. The van der Waals surface area contributed by atoms with E-state index in [-0.39, 0.29) is 18.4 Å². The minimum Gasteiger partial charge on any atom is -0.353 e. The first-order valence-corrected chi connectivity index (χ1v) is 10.2. The van der Waals surface area contributed by atoms with Crippen molar-refractivity contribution in [1.82, 2.24) is 20.9 Å². The van der Waals surface area contributed by atoms with Crippen LogP contribution in [0.1, 0.15) is 70.6 Å². The standard InChI is InChI=1S/C19H32N4O3/c24-16(21-13-12-20-15-8-4-1-2-5-9-15)14-23-17(25)19(22-18(23)26)10-6-3-7-11-19/h15,20H,1-14H2,(H,21,24)(H,22,26). The Morgan fingerprint density at radius 3 is 2.35 bits per heavy atom. The number of nitrogens with zero attached hydrogens (tertiary/aromatic N) is 1. The second kappa shape index (κ2) is 8.84. The SMILES string of the molecule is O=C(CN1C(=O)NC2(CCCCC2)C1=O)NCCNC1CCCCCC1. The van der Waals surface area contributed by atoms with Crippen LogP contribution in [-0.2, 0) is 9.59 Å². The molecule has 3 N–H and O–H groups in total. The Balaban J connectivity index is 1.39. The summed E-state index contributed by atoms with van der Waals surface area (Å²) in [5.74, 6) is -0.502. The first-order valence-electron chi connectivity index (χ1n) is 10.2. The number of nitrogens with one attached hydrogen (secondary N) is 3. The van der Waals surface area contributed by atoms with Crippen molar-refractivity contribution in [1.29, 1.82) is 0 Å². The van der Waals surface area contributed by atoms with Gasteiger partial charge in [-0.05, 0) is 25.7 Å². The maximum absolute atomic E-state index is 12.6. The molecule has 0 unspecified atom stereocenters. The molecular formula is C19H32N4O3. The van der Waals surface area contributed by atoms with E-state index in [2.05, 4.69) is 16.0 Å². The van der Waals surface area contributed by atoms with E-state index >= 15 is 0 Å². The summed E-state index contributed by atoms with van der Waals surface area (Å²) in [6, 6.07) is 0.120. The van der Waals surface area contributed by atoms with Gasteiger partial charge in [0.15, 0.2) is 0 Å². The molecule has 3 fully saturated rings. The van der Waals surface area contributed by atoms with Crippen LogP contribution in [0.3, 0.4) is 0 Å². The van der Waals surface area contributed by atoms with Crippen molar-refractivity contribution >= 4 is 17.8 Å². The highest BCUT2D eigenvalue weighted by Gasteiger charge is 2.51. The number of rotatable bonds is 6. The molecule has 0 aromatic heterocycles. The normalized spacial score (nSPS) is 23.8. The monoisotopic (exact) mass is 364 g/mol. The van der Waals surface area contributed by atoms with Crippen LogP contribution in [-0.4, -0.2) is 54.0 Å². The average molecular weight is 364 g/mol.